The molecule has 0 aliphatic carbocycles. The Kier molecular flexibility index (Phi) is 5.26. The zero-order chi connectivity index (χ0) is 13.8. The first kappa shape index (κ1) is 15.1. The lowest BCUT2D eigenvalue weighted by atomic mass is 10.1. The molecule has 0 aliphatic heterocycles. The number of aliphatic hydroxyl groups excluding tert-OH is 1. The van der Waals surface area contributed by atoms with Gasteiger partial charge in [-0.05, 0) is 31.0 Å². The van der Waals surface area contributed by atoms with Crippen LogP contribution in [0.2, 0.25) is 5.02 Å². The van der Waals surface area contributed by atoms with Crippen LogP contribution in [0.4, 0.5) is 0 Å². The number of benzene rings is 1. The van der Waals surface area contributed by atoms with E-state index in [1.54, 1.807) is 19.1 Å². The number of ether oxygens (including phenoxy) is 2. The first-order chi connectivity index (χ1) is 8.43. The van der Waals surface area contributed by atoms with Crippen LogP contribution in [0.15, 0.2) is 12.1 Å². The van der Waals surface area contributed by atoms with Gasteiger partial charge in [0.2, 0.25) is 0 Å². The molecular weight excluding hydrogens is 256 g/mol. The van der Waals surface area contributed by atoms with E-state index in [0.29, 0.717) is 28.5 Å². The molecule has 0 radical (unpaired) electrons. The summed E-state index contributed by atoms with van der Waals surface area (Å²) in [5.74, 6) is 0.823. The molecule has 0 heterocycles. The molecular formula is C13H19ClO4. The topological polar surface area (TPSA) is 58.9 Å². The number of rotatable bonds is 6. The van der Waals surface area contributed by atoms with Gasteiger partial charge in [0.05, 0.1) is 24.3 Å². The molecule has 1 aromatic carbocycles. The molecule has 0 aliphatic rings. The third-order valence-electron chi connectivity index (χ3n) is 2.76. The summed E-state index contributed by atoms with van der Waals surface area (Å²) in [6, 6.07) is 3.27. The zero-order valence-corrected chi connectivity index (χ0v) is 11.6. The number of methoxy groups -OCH3 is 1. The van der Waals surface area contributed by atoms with Crippen LogP contribution in [0.1, 0.15) is 25.8 Å². The molecule has 0 aromatic heterocycles. The Morgan fingerprint density at radius 3 is 2.56 bits per heavy atom. The third-order valence-corrected chi connectivity index (χ3v) is 3.04. The van der Waals surface area contributed by atoms with Gasteiger partial charge in [0.1, 0.15) is 6.61 Å². The highest BCUT2D eigenvalue weighted by atomic mass is 35.5. The Hall–Kier alpha value is -0.970. The minimum Gasteiger partial charge on any atom is -0.493 e. The lowest BCUT2D eigenvalue weighted by Gasteiger charge is -2.23. The quantitative estimate of drug-likeness (QED) is 0.836. The van der Waals surface area contributed by atoms with Crippen LogP contribution in [0, 0.1) is 0 Å². The third kappa shape index (κ3) is 3.77. The summed E-state index contributed by atoms with van der Waals surface area (Å²) < 4.78 is 10.7. The van der Waals surface area contributed by atoms with Crippen molar-refractivity contribution in [1.29, 1.82) is 0 Å². The Morgan fingerprint density at radius 1 is 1.39 bits per heavy atom. The maximum Gasteiger partial charge on any atom is 0.179 e. The molecule has 0 bridgehead atoms. The van der Waals surface area contributed by atoms with Crippen molar-refractivity contribution in [2.24, 2.45) is 0 Å². The van der Waals surface area contributed by atoms with Crippen molar-refractivity contribution >= 4 is 11.6 Å². The SMILES string of the molecule is CCC(C)(O)COc1c(Cl)cc(CO)cc1OC. The van der Waals surface area contributed by atoms with E-state index in [-0.39, 0.29) is 13.2 Å². The molecule has 0 amide bonds. The normalized spacial score (nSPS) is 14.1. The van der Waals surface area contributed by atoms with E-state index in [4.69, 9.17) is 26.2 Å². The molecule has 1 unspecified atom stereocenters. The summed E-state index contributed by atoms with van der Waals surface area (Å²) in [5, 5.41) is 19.3. The highest BCUT2D eigenvalue weighted by Gasteiger charge is 2.21. The van der Waals surface area contributed by atoms with Crippen LogP contribution in [0.3, 0.4) is 0 Å². The lowest BCUT2D eigenvalue weighted by molar-refractivity contribution is 0.00778. The average Bonchev–Trinajstić information content (AvgIpc) is 2.36. The second-order valence-corrected chi connectivity index (χ2v) is 4.81. The van der Waals surface area contributed by atoms with Gasteiger partial charge in [0.25, 0.3) is 0 Å². The number of aliphatic hydroxyl groups is 2. The van der Waals surface area contributed by atoms with Gasteiger partial charge in [0.15, 0.2) is 11.5 Å². The van der Waals surface area contributed by atoms with E-state index < -0.39 is 5.60 Å². The summed E-state index contributed by atoms with van der Waals surface area (Å²) >= 11 is 6.07. The standard InChI is InChI=1S/C13H19ClO4/c1-4-13(2,16)8-18-12-10(14)5-9(7-15)6-11(12)17-3/h5-6,15-16H,4,7-8H2,1-3H3. The van der Waals surface area contributed by atoms with Gasteiger partial charge in [0, 0.05) is 0 Å². The van der Waals surface area contributed by atoms with Gasteiger partial charge in [-0.25, -0.2) is 0 Å². The maximum atomic E-state index is 9.89. The molecule has 1 aromatic rings. The van der Waals surface area contributed by atoms with Crippen molar-refractivity contribution in [3.8, 4) is 11.5 Å². The van der Waals surface area contributed by atoms with Gasteiger partial charge in [-0.1, -0.05) is 18.5 Å². The predicted octanol–water partition coefficient (Wildman–Crippen LogP) is 2.38. The second kappa shape index (κ2) is 6.27. The monoisotopic (exact) mass is 274 g/mol. The van der Waals surface area contributed by atoms with Crippen molar-refractivity contribution in [2.45, 2.75) is 32.5 Å². The van der Waals surface area contributed by atoms with Gasteiger partial charge >= 0.3 is 0 Å². The fourth-order valence-electron chi connectivity index (χ4n) is 1.33. The Labute approximate surface area is 112 Å². The largest absolute Gasteiger partial charge is 0.493 e. The molecule has 4 nitrogen and oxygen atoms in total. The molecule has 18 heavy (non-hydrogen) atoms. The first-order valence-electron chi connectivity index (χ1n) is 5.76. The predicted molar refractivity (Wildman–Crippen MR) is 70.3 cm³/mol. The average molecular weight is 275 g/mol. The zero-order valence-electron chi connectivity index (χ0n) is 10.9. The molecule has 2 N–H and O–H groups in total. The summed E-state index contributed by atoms with van der Waals surface area (Å²) in [6.45, 7) is 3.56. The number of hydrogen-bond acceptors (Lipinski definition) is 4. The van der Waals surface area contributed by atoms with Crippen LogP contribution in [0.25, 0.3) is 0 Å². The molecule has 0 saturated heterocycles. The molecule has 0 saturated carbocycles. The summed E-state index contributed by atoms with van der Waals surface area (Å²) in [4.78, 5) is 0. The fraction of sp³-hybridized carbons (Fsp3) is 0.538. The van der Waals surface area contributed by atoms with Gasteiger partial charge in [-0.3, -0.25) is 0 Å². The van der Waals surface area contributed by atoms with E-state index in [0.717, 1.165) is 0 Å². The fourth-order valence-corrected chi connectivity index (χ4v) is 1.62. The van der Waals surface area contributed by atoms with Crippen LogP contribution in [-0.4, -0.2) is 29.5 Å². The molecule has 0 fully saturated rings. The lowest BCUT2D eigenvalue weighted by Crippen LogP contribution is -2.31. The van der Waals surface area contributed by atoms with Crippen LogP contribution < -0.4 is 9.47 Å². The van der Waals surface area contributed by atoms with Crippen molar-refractivity contribution in [3.63, 3.8) is 0 Å². The maximum absolute atomic E-state index is 9.89. The van der Waals surface area contributed by atoms with E-state index in [9.17, 15) is 5.11 Å². The van der Waals surface area contributed by atoms with Crippen LogP contribution in [0.5, 0.6) is 11.5 Å². The Morgan fingerprint density at radius 2 is 2.06 bits per heavy atom. The van der Waals surface area contributed by atoms with E-state index in [1.165, 1.54) is 7.11 Å². The van der Waals surface area contributed by atoms with Gasteiger partial charge in [-0.2, -0.15) is 0 Å². The first-order valence-corrected chi connectivity index (χ1v) is 6.13. The van der Waals surface area contributed by atoms with E-state index in [1.807, 2.05) is 6.92 Å². The molecule has 1 rings (SSSR count). The van der Waals surface area contributed by atoms with Crippen LogP contribution in [-0.2, 0) is 6.61 Å². The number of hydrogen-bond donors (Lipinski definition) is 2. The minimum absolute atomic E-state index is 0.122. The van der Waals surface area contributed by atoms with Crippen molar-refractivity contribution in [1.82, 2.24) is 0 Å². The second-order valence-electron chi connectivity index (χ2n) is 4.41. The smallest absolute Gasteiger partial charge is 0.179 e. The van der Waals surface area contributed by atoms with Gasteiger partial charge in [-0.15, -0.1) is 0 Å². The summed E-state index contributed by atoms with van der Waals surface area (Å²) in [6.07, 6.45) is 0.571. The van der Waals surface area contributed by atoms with Crippen molar-refractivity contribution < 1.29 is 19.7 Å². The number of halogens is 1. The minimum atomic E-state index is -0.913. The van der Waals surface area contributed by atoms with Crippen molar-refractivity contribution in [2.75, 3.05) is 13.7 Å². The highest BCUT2D eigenvalue weighted by Crippen LogP contribution is 2.37. The van der Waals surface area contributed by atoms with E-state index in [2.05, 4.69) is 0 Å². The Bertz CT molecular complexity index is 404. The Balaban J connectivity index is 2.94. The molecule has 1 atom stereocenters. The molecule has 5 heteroatoms. The summed E-state index contributed by atoms with van der Waals surface area (Å²) in [7, 11) is 1.50. The van der Waals surface area contributed by atoms with Crippen molar-refractivity contribution in [3.05, 3.63) is 22.7 Å². The molecule has 0 spiro atoms. The highest BCUT2D eigenvalue weighted by molar-refractivity contribution is 6.32. The molecule has 102 valence electrons. The van der Waals surface area contributed by atoms with Gasteiger partial charge < -0.3 is 19.7 Å². The van der Waals surface area contributed by atoms with Crippen LogP contribution >= 0.6 is 11.6 Å². The van der Waals surface area contributed by atoms with E-state index >= 15 is 0 Å². The summed E-state index contributed by atoms with van der Waals surface area (Å²) in [5.41, 5.74) is -0.268.